The molecule has 11 nitrogen and oxygen atoms in total. The highest BCUT2D eigenvalue weighted by molar-refractivity contribution is 5.95. The molecule has 1 atom stereocenters. The SMILES string of the molecule is N=C(N)c1ccc(NC(c2cc(CO)c(O)c(CF)c2)c2nn(-c3ncccn3)c(=O)[nH]2)cc1. The summed E-state index contributed by atoms with van der Waals surface area (Å²) in [5.41, 5.74) is 6.56. The summed E-state index contributed by atoms with van der Waals surface area (Å²) in [4.78, 5) is 23.3. The monoisotopic (exact) mass is 464 g/mol. The van der Waals surface area contributed by atoms with Crippen molar-refractivity contribution in [3.05, 3.63) is 93.4 Å². The van der Waals surface area contributed by atoms with Crippen molar-refractivity contribution in [3.63, 3.8) is 0 Å². The molecule has 7 N–H and O–H groups in total. The second-order valence-corrected chi connectivity index (χ2v) is 7.32. The van der Waals surface area contributed by atoms with Crippen molar-refractivity contribution in [2.75, 3.05) is 5.32 Å². The molecule has 0 saturated heterocycles. The second kappa shape index (κ2) is 9.50. The van der Waals surface area contributed by atoms with E-state index >= 15 is 0 Å². The number of halogens is 1. The summed E-state index contributed by atoms with van der Waals surface area (Å²) in [7, 11) is 0. The van der Waals surface area contributed by atoms with Gasteiger partial charge < -0.3 is 21.3 Å². The van der Waals surface area contributed by atoms with E-state index in [0.717, 1.165) is 4.68 Å². The average molecular weight is 464 g/mol. The van der Waals surface area contributed by atoms with Crippen LogP contribution >= 0.6 is 0 Å². The number of aromatic nitrogens is 5. The van der Waals surface area contributed by atoms with E-state index in [2.05, 4.69) is 25.4 Å². The number of hydrogen-bond acceptors (Lipinski definition) is 8. The summed E-state index contributed by atoms with van der Waals surface area (Å²) in [6, 6.07) is 10.3. The van der Waals surface area contributed by atoms with E-state index < -0.39 is 25.0 Å². The minimum atomic E-state index is -0.963. The van der Waals surface area contributed by atoms with Crippen LogP contribution in [0.25, 0.3) is 5.95 Å². The van der Waals surface area contributed by atoms with Gasteiger partial charge in [0.2, 0.25) is 0 Å². The highest BCUT2D eigenvalue weighted by Gasteiger charge is 2.23. The fourth-order valence-corrected chi connectivity index (χ4v) is 3.40. The van der Waals surface area contributed by atoms with Gasteiger partial charge in [0, 0.05) is 34.8 Å². The minimum absolute atomic E-state index is 0.0200. The fourth-order valence-electron chi connectivity index (χ4n) is 3.40. The number of hydrogen-bond donors (Lipinski definition) is 6. The van der Waals surface area contributed by atoms with Crippen LogP contribution in [0.4, 0.5) is 10.1 Å². The molecule has 0 radical (unpaired) electrons. The number of nitrogens with zero attached hydrogens (tertiary/aromatic N) is 4. The molecule has 0 aliphatic carbocycles. The summed E-state index contributed by atoms with van der Waals surface area (Å²) < 4.78 is 14.6. The van der Waals surface area contributed by atoms with E-state index in [1.54, 1.807) is 30.3 Å². The first-order valence-corrected chi connectivity index (χ1v) is 10.1. The number of rotatable bonds is 8. The Balaban J connectivity index is 1.82. The molecule has 0 saturated carbocycles. The highest BCUT2D eigenvalue weighted by Crippen LogP contribution is 2.32. The summed E-state index contributed by atoms with van der Waals surface area (Å²) in [5.74, 6) is -0.207. The summed E-state index contributed by atoms with van der Waals surface area (Å²) in [6.45, 7) is -1.48. The van der Waals surface area contributed by atoms with Gasteiger partial charge in [-0.1, -0.05) is 0 Å². The molecule has 34 heavy (non-hydrogen) atoms. The van der Waals surface area contributed by atoms with Crippen LogP contribution in [0.3, 0.4) is 0 Å². The summed E-state index contributed by atoms with van der Waals surface area (Å²) >= 11 is 0. The Bertz CT molecular complexity index is 1340. The topological polar surface area (TPSA) is 179 Å². The number of nitrogens with one attached hydrogen (secondary N) is 3. The number of aromatic amines is 1. The van der Waals surface area contributed by atoms with Gasteiger partial charge in [0.25, 0.3) is 5.95 Å². The van der Waals surface area contributed by atoms with E-state index in [-0.39, 0.29) is 34.5 Å². The van der Waals surface area contributed by atoms with Gasteiger partial charge in [-0.25, -0.2) is 19.2 Å². The van der Waals surface area contributed by atoms with Gasteiger partial charge in [0.15, 0.2) is 5.82 Å². The first-order valence-electron chi connectivity index (χ1n) is 10.1. The van der Waals surface area contributed by atoms with Crippen molar-refractivity contribution in [1.82, 2.24) is 24.7 Å². The molecular weight excluding hydrogens is 443 g/mol. The molecule has 0 amide bonds. The molecule has 4 rings (SSSR count). The van der Waals surface area contributed by atoms with Crippen LogP contribution in [0.2, 0.25) is 0 Å². The largest absolute Gasteiger partial charge is 0.507 e. The van der Waals surface area contributed by atoms with Crippen LogP contribution in [-0.2, 0) is 13.3 Å². The number of benzene rings is 2. The van der Waals surface area contributed by atoms with Crippen molar-refractivity contribution in [3.8, 4) is 11.7 Å². The molecule has 4 aromatic rings. The molecule has 0 aliphatic rings. The van der Waals surface area contributed by atoms with Crippen LogP contribution in [0, 0.1) is 5.41 Å². The third-order valence-corrected chi connectivity index (χ3v) is 5.09. The van der Waals surface area contributed by atoms with Crippen molar-refractivity contribution in [2.24, 2.45) is 5.73 Å². The molecule has 2 aromatic carbocycles. The van der Waals surface area contributed by atoms with E-state index in [9.17, 15) is 19.4 Å². The lowest BCUT2D eigenvalue weighted by Gasteiger charge is -2.20. The molecule has 2 heterocycles. The number of aliphatic hydroxyl groups excluding tert-OH is 1. The Morgan fingerprint density at radius 3 is 2.50 bits per heavy atom. The Labute approximate surface area is 192 Å². The van der Waals surface area contributed by atoms with Gasteiger partial charge in [-0.2, -0.15) is 0 Å². The number of phenols is 1. The van der Waals surface area contributed by atoms with Gasteiger partial charge in [0.1, 0.15) is 24.3 Å². The lowest BCUT2D eigenvalue weighted by molar-refractivity contribution is 0.274. The van der Waals surface area contributed by atoms with Crippen LogP contribution in [-0.4, -0.2) is 40.8 Å². The Morgan fingerprint density at radius 2 is 1.88 bits per heavy atom. The quantitative estimate of drug-likeness (QED) is 0.168. The van der Waals surface area contributed by atoms with Crippen molar-refractivity contribution in [1.29, 1.82) is 5.41 Å². The number of nitrogen functional groups attached to an aromatic ring is 1. The molecule has 2 aromatic heterocycles. The first kappa shape index (κ1) is 22.6. The molecule has 0 bridgehead atoms. The third kappa shape index (κ3) is 4.47. The van der Waals surface area contributed by atoms with Crippen molar-refractivity contribution >= 4 is 11.5 Å². The zero-order valence-corrected chi connectivity index (χ0v) is 17.7. The van der Waals surface area contributed by atoms with E-state index in [1.807, 2.05) is 0 Å². The van der Waals surface area contributed by atoms with Crippen LogP contribution in [0.1, 0.15) is 34.1 Å². The van der Waals surface area contributed by atoms with Crippen LogP contribution in [0.5, 0.6) is 5.75 Å². The Morgan fingerprint density at radius 1 is 1.21 bits per heavy atom. The van der Waals surface area contributed by atoms with E-state index in [0.29, 0.717) is 16.8 Å². The highest BCUT2D eigenvalue weighted by atomic mass is 19.1. The molecule has 0 spiro atoms. The lowest BCUT2D eigenvalue weighted by Crippen LogP contribution is -2.18. The molecule has 0 fully saturated rings. The predicted molar refractivity (Wildman–Crippen MR) is 122 cm³/mol. The predicted octanol–water partition coefficient (Wildman–Crippen LogP) is 1.50. The lowest BCUT2D eigenvalue weighted by atomic mass is 9.98. The number of aliphatic hydroxyl groups is 1. The number of nitrogens with two attached hydrogens (primary N) is 1. The maximum atomic E-state index is 13.6. The third-order valence-electron chi connectivity index (χ3n) is 5.09. The fraction of sp³-hybridized carbons (Fsp3) is 0.136. The Kier molecular flexibility index (Phi) is 6.32. The molecule has 0 aliphatic heterocycles. The summed E-state index contributed by atoms with van der Waals surface area (Å²) in [5, 5.41) is 34.9. The first-order chi connectivity index (χ1) is 16.4. The Hall–Kier alpha value is -4.58. The number of anilines is 1. The standard InChI is InChI=1S/C22H21FN8O3/c23-10-14-8-13(9-15(11-32)18(14)33)17(28-16-4-2-12(3-5-16)19(24)25)20-29-22(34)31(30-20)21-26-6-1-7-27-21/h1-9,17,28,32-33H,10-11H2,(H3,24,25)(H,29,30,34). The van der Waals surface area contributed by atoms with Gasteiger partial charge in [-0.15, -0.1) is 9.78 Å². The number of alkyl halides is 1. The average Bonchev–Trinajstić information content (AvgIpc) is 3.24. The van der Waals surface area contributed by atoms with Gasteiger partial charge in [-0.05, 0) is 48.0 Å². The van der Waals surface area contributed by atoms with Crippen LogP contribution in [0.15, 0.2) is 59.7 Å². The zero-order chi connectivity index (χ0) is 24.2. The molecule has 174 valence electrons. The van der Waals surface area contributed by atoms with E-state index in [1.165, 1.54) is 24.5 Å². The van der Waals surface area contributed by atoms with E-state index in [4.69, 9.17) is 11.1 Å². The van der Waals surface area contributed by atoms with Gasteiger partial charge in [0.05, 0.1) is 6.61 Å². The molecule has 1 unspecified atom stereocenters. The molecular formula is C22H21FN8O3. The smallest absolute Gasteiger partial charge is 0.350 e. The van der Waals surface area contributed by atoms with Crippen molar-refractivity contribution in [2.45, 2.75) is 19.3 Å². The zero-order valence-electron chi connectivity index (χ0n) is 17.7. The van der Waals surface area contributed by atoms with Crippen molar-refractivity contribution < 1.29 is 14.6 Å². The number of H-pyrrole nitrogens is 1. The normalized spacial score (nSPS) is 11.8. The maximum Gasteiger partial charge on any atom is 0.350 e. The molecule has 12 heteroatoms. The maximum absolute atomic E-state index is 13.6. The second-order valence-electron chi connectivity index (χ2n) is 7.32. The summed E-state index contributed by atoms with van der Waals surface area (Å²) in [6.07, 6.45) is 2.94. The van der Waals surface area contributed by atoms with Gasteiger partial charge in [-0.3, -0.25) is 10.4 Å². The number of amidine groups is 1. The number of aromatic hydroxyl groups is 1. The van der Waals surface area contributed by atoms with Crippen LogP contribution < -0.4 is 16.7 Å². The minimum Gasteiger partial charge on any atom is -0.507 e. The van der Waals surface area contributed by atoms with Gasteiger partial charge >= 0.3 is 5.69 Å².